The Kier molecular flexibility index (Phi) is 8.31. The molecule has 0 bridgehead atoms. The van der Waals surface area contributed by atoms with E-state index in [1.807, 2.05) is 18.2 Å². The van der Waals surface area contributed by atoms with Gasteiger partial charge in [0.1, 0.15) is 17.4 Å². The van der Waals surface area contributed by atoms with Crippen LogP contribution in [0.4, 0.5) is 0 Å². The summed E-state index contributed by atoms with van der Waals surface area (Å²) in [6.07, 6.45) is -1.27. The quantitative estimate of drug-likeness (QED) is 0.317. The first-order valence-corrected chi connectivity index (χ1v) is 15.7. The molecule has 0 aromatic heterocycles. The fourth-order valence-electron chi connectivity index (χ4n) is 8.41. The number of Topliss-reactive ketones (excluding diaryl/α,β-unsaturated/α-hetero) is 3. The van der Waals surface area contributed by atoms with Crippen LogP contribution in [-0.2, 0) is 27.3 Å². The van der Waals surface area contributed by atoms with Gasteiger partial charge in [-0.05, 0) is 74.8 Å². The standard InChI is InChI=1S/C34H42N4O8/c1-36(2)28-22-15-18-14-21-20(17-5-8-24(46-4)19(13-17)16-38-11-9-37(3)10-12-38)6-7-23(39)26(21)29(40)25(18)31(42)34(22,45)32(43)27(30(28)41)33(35)44/h5-8,13,18,22,25,27-28,30,39,41,45H,9-12,14-16H2,1-4H3,(H2,35,44)/t18-,22-,25?,27?,28-,30?,34-/m1/s1. The molecule has 2 aromatic rings. The first-order chi connectivity index (χ1) is 21.8. The van der Waals surface area contributed by atoms with Crippen LogP contribution in [0.5, 0.6) is 11.5 Å². The van der Waals surface area contributed by atoms with Crippen LogP contribution >= 0.6 is 0 Å². The van der Waals surface area contributed by atoms with Gasteiger partial charge in [0.05, 0.1) is 24.7 Å². The molecule has 1 heterocycles. The minimum Gasteiger partial charge on any atom is -0.507 e. The third-order valence-corrected chi connectivity index (χ3v) is 10.8. The minimum atomic E-state index is -2.69. The van der Waals surface area contributed by atoms with E-state index in [1.54, 1.807) is 32.2 Å². The molecule has 0 spiro atoms. The van der Waals surface area contributed by atoms with Gasteiger partial charge in [-0.2, -0.15) is 0 Å². The monoisotopic (exact) mass is 634 g/mol. The van der Waals surface area contributed by atoms with Gasteiger partial charge in [0.2, 0.25) is 5.91 Å². The number of carbonyl (C=O) groups excluding carboxylic acids is 4. The molecule has 3 aliphatic carbocycles. The third-order valence-electron chi connectivity index (χ3n) is 10.8. The summed E-state index contributed by atoms with van der Waals surface area (Å²) in [5.74, 6) is -8.48. The van der Waals surface area contributed by atoms with Crippen molar-refractivity contribution in [3.63, 3.8) is 0 Å². The van der Waals surface area contributed by atoms with Gasteiger partial charge in [0.15, 0.2) is 23.0 Å². The number of rotatable bonds is 6. The lowest BCUT2D eigenvalue weighted by atomic mass is 9.52. The predicted octanol–water partition coefficient (Wildman–Crippen LogP) is 0.0818. The van der Waals surface area contributed by atoms with E-state index < -0.39 is 64.7 Å². The number of phenols is 1. The summed E-state index contributed by atoms with van der Waals surface area (Å²) >= 11 is 0. The fourth-order valence-corrected chi connectivity index (χ4v) is 8.41. The lowest BCUT2D eigenvalue weighted by Gasteiger charge is -2.54. The molecular weight excluding hydrogens is 592 g/mol. The number of amides is 1. The lowest BCUT2D eigenvalue weighted by Crippen LogP contribution is -2.75. The van der Waals surface area contributed by atoms with Crippen molar-refractivity contribution in [1.82, 2.24) is 14.7 Å². The summed E-state index contributed by atoms with van der Waals surface area (Å²) in [5, 5.41) is 33.9. The second kappa shape index (κ2) is 11.8. The van der Waals surface area contributed by atoms with E-state index in [4.69, 9.17) is 10.5 Å². The number of ether oxygens (including phenoxy) is 1. The maximum absolute atomic E-state index is 14.2. The maximum Gasteiger partial charge on any atom is 0.230 e. The van der Waals surface area contributed by atoms with E-state index in [1.165, 1.54) is 6.07 Å². The Morgan fingerprint density at radius 3 is 2.41 bits per heavy atom. The van der Waals surface area contributed by atoms with Crippen LogP contribution in [0.2, 0.25) is 0 Å². The van der Waals surface area contributed by atoms with Crippen molar-refractivity contribution in [3.05, 3.63) is 47.0 Å². The second-order valence-electron chi connectivity index (χ2n) is 13.6. The summed E-state index contributed by atoms with van der Waals surface area (Å²) in [4.78, 5) is 60.3. The van der Waals surface area contributed by atoms with Crippen LogP contribution in [-0.4, -0.2) is 125 Å². The number of likely N-dealkylation sites (N-methyl/N-ethyl adjacent to an activating group) is 2. The van der Waals surface area contributed by atoms with E-state index in [9.17, 15) is 34.5 Å². The van der Waals surface area contributed by atoms with Gasteiger partial charge in [-0.15, -0.1) is 0 Å². The van der Waals surface area contributed by atoms with E-state index in [0.717, 1.165) is 48.6 Å². The van der Waals surface area contributed by atoms with Crippen molar-refractivity contribution in [2.45, 2.75) is 37.1 Å². The minimum absolute atomic E-state index is 0.00973. The Balaban J connectivity index is 1.41. The first kappa shape index (κ1) is 32.3. The summed E-state index contributed by atoms with van der Waals surface area (Å²) in [7, 11) is 6.98. The molecule has 3 unspecified atom stereocenters. The molecule has 0 radical (unpaired) electrons. The number of aliphatic hydroxyl groups is 2. The van der Waals surface area contributed by atoms with Gasteiger partial charge < -0.3 is 35.6 Å². The predicted molar refractivity (Wildman–Crippen MR) is 167 cm³/mol. The highest BCUT2D eigenvalue weighted by Crippen LogP contribution is 2.52. The number of carbonyl (C=O) groups is 4. The highest BCUT2D eigenvalue weighted by Gasteiger charge is 2.69. The third kappa shape index (κ3) is 4.94. The number of primary amides is 1. The number of methoxy groups -OCH3 is 1. The molecule has 2 saturated carbocycles. The molecule has 2 aromatic carbocycles. The lowest BCUT2D eigenvalue weighted by molar-refractivity contribution is -0.190. The molecule has 5 N–H and O–H groups in total. The highest BCUT2D eigenvalue weighted by molar-refractivity contribution is 6.25. The van der Waals surface area contributed by atoms with E-state index in [2.05, 4.69) is 16.8 Å². The van der Waals surface area contributed by atoms with Gasteiger partial charge >= 0.3 is 0 Å². The second-order valence-corrected chi connectivity index (χ2v) is 13.6. The van der Waals surface area contributed by atoms with Crippen LogP contribution in [0.3, 0.4) is 0 Å². The average molecular weight is 635 g/mol. The Morgan fingerprint density at radius 1 is 1.09 bits per heavy atom. The molecule has 3 fully saturated rings. The maximum atomic E-state index is 14.2. The fraction of sp³-hybridized carbons (Fsp3) is 0.529. The number of aliphatic hydroxyl groups excluding tert-OH is 1. The molecule has 4 aliphatic rings. The van der Waals surface area contributed by atoms with E-state index in [0.29, 0.717) is 12.1 Å². The van der Waals surface area contributed by atoms with Gasteiger partial charge in [-0.25, -0.2) is 0 Å². The number of hydrogen-bond acceptors (Lipinski definition) is 11. The van der Waals surface area contributed by atoms with Crippen molar-refractivity contribution in [2.75, 3.05) is 54.4 Å². The number of aromatic hydroxyl groups is 1. The number of piperazine rings is 1. The molecule has 1 saturated heterocycles. The number of ketones is 3. The molecule has 246 valence electrons. The summed E-state index contributed by atoms with van der Waals surface area (Å²) in [6, 6.07) is 8.07. The van der Waals surface area contributed by atoms with Crippen LogP contribution in [0, 0.1) is 23.7 Å². The van der Waals surface area contributed by atoms with Crippen molar-refractivity contribution < 1.29 is 39.2 Å². The summed E-state index contributed by atoms with van der Waals surface area (Å²) in [5.41, 5.74) is 5.88. The molecule has 7 atom stereocenters. The topological polar surface area (TPSA) is 174 Å². The average Bonchev–Trinajstić information content (AvgIpc) is 3.00. The van der Waals surface area contributed by atoms with Crippen LogP contribution in [0.25, 0.3) is 11.1 Å². The number of hydrogen-bond donors (Lipinski definition) is 4. The molecule has 6 rings (SSSR count). The number of fused-ring (bicyclic) bond motifs is 3. The zero-order valence-corrected chi connectivity index (χ0v) is 26.6. The Bertz CT molecular complexity index is 1600. The van der Waals surface area contributed by atoms with Gasteiger partial charge in [-0.3, -0.25) is 24.1 Å². The zero-order valence-electron chi connectivity index (χ0n) is 26.6. The van der Waals surface area contributed by atoms with E-state index in [-0.39, 0.29) is 24.2 Å². The van der Waals surface area contributed by atoms with Crippen LogP contribution < -0.4 is 10.5 Å². The Morgan fingerprint density at radius 2 is 1.78 bits per heavy atom. The molecule has 1 amide bonds. The van der Waals surface area contributed by atoms with E-state index >= 15 is 0 Å². The van der Waals surface area contributed by atoms with Crippen molar-refractivity contribution in [3.8, 4) is 22.6 Å². The van der Waals surface area contributed by atoms with Gasteiger partial charge in [0.25, 0.3) is 0 Å². The number of nitrogens with two attached hydrogens (primary N) is 1. The van der Waals surface area contributed by atoms with Gasteiger partial charge in [0, 0.05) is 50.2 Å². The summed E-state index contributed by atoms with van der Waals surface area (Å²) < 4.78 is 5.69. The number of benzene rings is 2. The largest absolute Gasteiger partial charge is 0.507 e. The molecular formula is C34H42N4O8. The smallest absolute Gasteiger partial charge is 0.230 e. The number of phenolic OH excluding ortho intramolecular Hbond substituents is 1. The van der Waals surface area contributed by atoms with Crippen molar-refractivity contribution >= 4 is 23.3 Å². The normalized spacial score (nSPS) is 31.8. The van der Waals surface area contributed by atoms with Crippen molar-refractivity contribution in [1.29, 1.82) is 0 Å². The van der Waals surface area contributed by atoms with Crippen molar-refractivity contribution in [2.24, 2.45) is 29.4 Å². The van der Waals surface area contributed by atoms with Crippen LogP contribution in [0.15, 0.2) is 30.3 Å². The van der Waals surface area contributed by atoms with Gasteiger partial charge in [-0.1, -0.05) is 12.1 Å². The molecule has 12 heteroatoms. The zero-order chi connectivity index (χ0) is 33.2. The van der Waals surface area contributed by atoms with Crippen LogP contribution in [0.1, 0.15) is 27.9 Å². The molecule has 12 nitrogen and oxygen atoms in total. The highest BCUT2D eigenvalue weighted by atomic mass is 16.5. The SMILES string of the molecule is COc1ccc(-c2ccc(O)c3c2C[C@@H]2C[C@@H]4[C@@H](N(C)C)C(O)C(C(N)=O)C(=O)[C@]4(O)C(=O)C2C3=O)cc1CN1CCN(C)CC1. The Labute approximate surface area is 267 Å². The summed E-state index contributed by atoms with van der Waals surface area (Å²) in [6.45, 7) is 4.45. The first-order valence-electron chi connectivity index (χ1n) is 15.7. The molecule has 46 heavy (non-hydrogen) atoms. The molecule has 1 aliphatic heterocycles. The number of nitrogens with zero attached hydrogens (tertiary/aromatic N) is 3. The Hall–Kier alpha value is -3.68.